The van der Waals surface area contributed by atoms with Crippen LogP contribution < -0.4 is 4.74 Å². The molecular formula is C20H18Cl2O4. The van der Waals surface area contributed by atoms with Gasteiger partial charge in [0.25, 0.3) is 0 Å². The number of rotatable bonds is 5. The van der Waals surface area contributed by atoms with Crippen LogP contribution in [0.15, 0.2) is 36.4 Å². The fraction of sp³-hybridized carbons (Fsp3) is 0.300. The van der Waals surface area contributed by atoms with Crippen LogP contribution in [0.5, 0.6) is 5.75 Å². The van der Waals surface area contributed by atoms with Gasteiger partial charge >= 0.3 is 5.97 Å². The molecule has 0 heterocycles. The quantitative estimate of drug-likeness (QED) is 0.713. The third kappa shape index (κ3) is 3.71. The Morgan fingerprint density at radius 2 is 1.81 bits per heavy atom. The van der Waals surface area contributed by atoms with Crippen LogP contribution in [0.3, 0.4) is 0 Å². The van der Waals surface area contributed by atoms with Crippen LogP contribution in [0.1, 0.15) is 40.7 Å². The maximum Gasteiger partial charge on any atom is 0.306 e. The van der Waals surface area contributed by atoms with Crippen LogP contribution in [0.2, 0.25) is 10.0 Å². The molecule has 3 rings (SSSR count). The minimum Gasteiger partial charge on any atom is -0.490 e. The molecule has 1 fully saturated rings. The van der Waals surface area contributed by atoms with Gasteiger partial charge in [0.1, 0.15) is 5.75 Å². The zero-order chi connectivity index (χ0) is 18.8. The number of aliphatic carboxylic acids is 1. The van der Waals surface area contributed by atoms with Gasteiger partial charge in [0, 0.05) is 5.56 Å². The lowest BCUT2D eigenvalue weighted by molar-refractivity contribution is -0.141. The van der Waals surface area contributed by atoms with E-state index in [1.807, 2.05) is 0 Å². The summed E-state index contributed by atoms with van der Waals surface area (Å²) >= 11 is 12.2. The lowest BCUT2D eigenvalue weighted by atomic mass is 9.98. The number of ether oxygens (including phenoxy) is 1. The predicted octanol–water partition coefficient (Wildman–Crippen LogP) is 5.16. The summed E-state index contributed by atoms with van der Waals surface area (Å²) in [5.74, 6) is -0.935. The second-order valence-electron chi connectivity index (χ2n) is 6.45. The van der Waals surface area contributed by atoms with Crippen LogP contribution in [0, 0.1) is 12.8 Å². The van der Waals surface area contributed by atoms with Crippen molar-refractivity contribution in [1.29, 1.82) is 0 Å². The Morgan fingerprint density at radius 3 is 2.50 bits per heavy atom. The van der Waals surface area contributed by atoms with Gasteiger partial charge in [-0.1, -0.05) is 35.3 Å². The first kappa shape index (κ1) is 18.7. The van der Waals surface area contributed by atoms with E-state index in [2.05, 4.69) is 0 Å². The lowest BCUT2D eigenvalue weighted by Gasteiger charge is -2.17. The molecule has 6 heteroatoms. The van der Waals surface area contributed by atoms with Crippen molar-refractivity contribution in [3.63, 3.8) is 0 Å². The van der Waals surface area contributed by atoms with Gasteiger partial charge in [-0.05, 0) is 56.0 Å². The van der Waals surface area contributed by atoms with Gasteiger partial charge < -0.3 is 9.84 Å². The van der Waals surface area contributed by atoms with Crippen molar-refractivity contribution in [1.82, 2.24) is 0 Å². The first-order valence-corrected chi connectivity index (χ1v) is 9.12. The largest absolute Gasteiger partial charge is 0.490 e. The highest BCUT2D eigenvalue weighted by Crippen LogP contribution is 2.33. The van der Waals surface area contributed by atoms with E-state index < -0.39 is 5.97 Å². The normalized spacial score (nSPS) is 19.3. The number of halogens is 2. The second kappa shape index (κ2) is 7.68. The molecule has 2 atom stereocenters. The van der Waals surface area contributed by atoms with E-state index in [0.29, 0.717) is 51.7 Å². The average molecular weight is 393 g/mol. The average Bonchev–Trinajstić information content (AvgIpc) is 3.09. The summed E-state index contributed by atoms with van der Waals surface area (Å²) in [6.45, 7) is 1.75. The number of carboxylic acid groups (broad SMARTS) is 1. The van der Waals surface area contributed by atoms with Gasteiger partial charge in [-0.3, -0.25) is 9.59 Å². The first-order valence-electron chi connectivity index (χ1n) is 8.36. The maximum atomic E-state index is 13.0. The zero-order valence-electron chi connectivity index (χ0n) is 14.2. The molecule has 2 aromatic carbocycles. The topological polar surface area (TPSA) is 63.6 Å². The fourth-order valence-corrected chi connectivity index (χ4v) is 3.62. The van der Waals surface area contributed by atoms with E-state index in [-0.39, 0.29) is 17.8 Å². The predicted molar refractivity (Wildman–Crippen MR) is 100 cm³/mol. The number of hydrogen-bond acceptors (Lipinski definition) is 3. The van der Waals surface area contributed by atoms with E-state index in [1.165, 1.54) is 0 Å². The number of carbonyl (C=O) groups is 2. The van der Waals surface area contributed by atoms with Gasteiger partial charge in [-0.2, -0.15) is 0 Å². The standard InChI is InChI=1S/C20H18Cl2O4/c1-11-14(8-9-16(21)18(11)22)19(23)15-4-2-3-5-17(15)26-13-7-6-12(10-13)20(24)25/h2-5,8-9,12-13H,6-7,10H2,1H3,(H,24,25)/t12-,13-/m0/s1. The Morgan fingerprint density at radius 1 is 1.08 bits per heavy atom. The summed E-state index contributed by atoms with van der Waals surface area (Å²) in [5, 5.41) is 9.89. The van der Waals surface area contributed by atoms with Crippen molar-refractivity contribution in [2.75, 3.05) is 0 Å². The van der Waals surface area contributed by atoms with Crippen LogP contribution >= 0.6 is 23.2 Å². The van der Waals surface area contributed by atoms with E-state index in [9.17, 15) is 9.59 Å². The Labute approximate surface area is 161 Å². The molecule has 0 spiro atoms. The molecule has 136 valence electrons. The molecule has 1 N–H and O–H groups in total. The first-order chi connectivity index (χ1) is 12.4. The van der Waals surface area contributed by atoms with Crippen LogP contribution in [0.4, 0.5) is 0 Å². The van der Waals surface area contributed by atoms with Gasteiger partial charge in [0.2, 0.25) is 0 Å². The Hall–Kier alpha value is -2.04. The van der Waals surface area contributed by atoms with Crippen molar-refractivity contribution in [2.45, 2.75) is 32.3 Å². The third-order valence-corrected chi connectivity index (χ3v) is 5.64. The maximum absolute atomic E-state index is 13.0. The summed E-state index contributed by atoms with van der Waals surface area (Å²) in [4.78, 5) is 24.1. The van der Waals surface area contributed by atoms with Crippen molar-refractivity contribution < 1.29 is 19.4 Å². The number of hydrogen-bond donors (Lipinski definition) is 1. The molecule has 0 amide bonds. The van der Waals surface area contributed by atoms with Crippen LogP contribution in [0.25, 0.3) is 0 Å². The number of carboxylic acids is 1. The van der Waals surface area contributed by atoms with Gasteiger partial charge in [-0.15, -0.1) is 0 Å². The number of carbonyl (C=O) groups excluding carboxylic acids is 1. The summed E-state index contributed by atoms with van der Waals surface area (Å²) < 4.78 is 5.98. The SMILES string of the molecule is Cc1c(C(=O)c2ccccc2O[C@H]2CC[C@H](C(=O)O)C2)ccc(Cl)c1Cl. The molecule has 1 aliphatic carbocycles. The Bertz CT molecular complexity index is 863. The molecule has 1 aliphatic rings. The summed E-state index contributed by atoms with van der Waals surface area (Å²) in [6, 6.07) is 10.2. The molecule has 0 radical (unpaired) electrons. The van der Waals surface area contributed by atoms with E-state index in [0.717, 1.165) is 0 Å². The highest BCUT2D eigenvalue weighted by molar-refractivity contribution is 6.42. The third-order valence-electron chi connectivity index (χ3n) is 4.74. The summed E-state index contributed by atoms with van der Waals surface area (Å²) in [7, 11) is 0. The van der Waals surface area contributed by atoms with Gasteiger partial charge in [0.15, 0.2) is 5.78 Å². The van der Waals surface area contributed by atoms with E-state index in [1.54, 1.807) is 43.3 Å². The molecule has 0 unspecified atom stereocenters. The molecule has 0 bridgehead atoms. The van der Waals surface area contributed by atoms with E-state index >= 15 is 0 Å². The zero-order valence-corrected chi connectivity index (χ0v) is 15.7. The van der Waals surface area contributed by atoms with Gasteiger partial charge in [0.05, 0.1) is 27.6 Å². The second-order valence-corrected chi connectivity index (χ2v) is 7.23. The summed E-state index contributed by atoms with van der Waals surface area (Å²) in [6.07, 6.45) is 1.48. The number of benzene rings is 2. The van der Waals surface area contributed by atoms with Crippen LogP contribution in [-0.4, -0.2) is 23.0 Å². The highest BCUT2D eigenvalue weighted by Gasteiger charge is 2.31. The Kier molecular flexibility index (Phi) is 5.54. The molecular weight excluding hydrogens is 375 g/mol. The minimum atomic E-state index is -0.799. The number of para-hydroxylation sites is 1. The van der Waals surface area contributed by atoms with Crippen molar-refractivity contribution in [3.05, 3.63) is 63.1 Å². The van der Waals surface area contributed by atoms with Crippen molar-refractivity contribution in [2.24, 2.45) is 5.92 Å². The molecule has 4 nitrogen and oxygen atoms in total. The van der Waals surface area contributed by atoms with Gasteiger partial charge in [-0.25, -0.2) is 0 Å². The van der Waals surface area contributed by atoms with Crippen molar-refractivity contribution >= 4 is 35.0 Å². The molecule has 1 saturated carbocycles. The van der Waals surface area contributed by atoms with Crippen LogP contribution in [-0.2, 0) is 4.79 Å². The van der Waals surface area contributed by atoms with E-state index in [4.69, 9.17) is 33.0 Å². The van der Waals surface area contributed by atoms with Crippen molar-refractivity contribution in [3.8, 4) is 5.75 Å². The number of ketones is 1. The monoisotopic (exact) mass is 392 g/mol. The molecule has 0 aliphatic heterocycles. The molecule has 2 aromatic rings. The molecule has 26 heavy (non-hydrogen) atoms. The Balaban J connectivity index is 1.87. The lowest BCUT2D eigenvalue weighted by Crippen LogP contribution is -2.17. The summed E-state index contributed by atoms with van der Waals surface area (Å²) in [5.41, 5.74) is 1.50. The highest BCUT2D eigenvalue weighted by atomic mass is 35.5. The minimum absolute atomic E-state index is 0.204. The smallest absolute Gasteiger partial charge is 0.306 e. The molecule has 0 saturated heterocycles. The fourth-order valence-electron chi connectivity index (χ4n) is 3.25. The molecule has 0 aromatic heterocycles.